The summed E-state index contributed by atoms with van der Waals surface area (Å²) in [5.74, 6) is 0.933. The summed E-state index contributed by atoms with van der Waals surface area (Å²) in [6.45, 7) is 17.5. The average Bonchev–Trinajstić information content (AvgIpc) is 2.80. The van der Waals surface area contributed by atoms with Gasteiger partial charge in [0.25, 0.3) is 0 Å². The molecule has 0 saturated carbocycles. The number of piperazine rings is 1. The highest BCUT2D eigenvalue weighted by Gasteiger charge is 2.17. The molecule has 3 rings (SSSR count). The topological polar surface area (TPSA) is 45.0 Å². The van der Waals surface area contributed by atoms with E-state index in [2.05, 4.69) is 65.8 Å². The van der Waals surface area contributed by atoms with Crippen molar-refractivity contribution in [3.05, 3.63) is 64.2 Å². The van der Waals surface area contributed by atoms with Crippen molar-refractivity contribution in [1.29, 1.82) is 0 Å². The quantitative estimate of drug-likeness (QED) is 0.528. The van der Waals surface area contributed by atoms with E-state index in [9.17, 15) is 0 Å². The normalized spacial score (nSPS) is 15.3. The van der Waals surface area contributed by atoms with Gasteiger partial charge in [-0.25, -0.2) is 0 Å². The van der Waals surface area contributed by atoms with Gasteiger partial charge in [0.05, 0.1) is 7.11 Å². The van der Waals surface area contributed by atoms with E-state index in [0.29, 0.717) is 0 Å². The van der Waals surface area contributed by atoms with Gasteiger partial charge in [-0.05, 0) is 87.6 Å². The van der Waals surface area contributed by atoms with Crippen LogP contribution in [0.5, 0.6) is 5.75 Å². The molecule has 1 fully saturated rings. The molecular formula is C28H44N4O. The summed E-state index contributed by atoms with van der Waals surface area (Å²) >= 11 is 0. The van der Waals surface area contributed by atoms with Crippen LogP contribution in [0.3, 0.4) is 0 Å². The van der Waals surface area contributed by atoms with Gasteiger partial charge in [0.1, 0.15) is 5.75 Å². The Balaban J connectivity index is 1.60. The third-order valence-corrected chi connectivity index (χ3v) is 6.85. The van der Waals surface area contributed by atoms with E-state index in [1.807, 2.05) is 6.07 Å². The van der Waals surface area contributed by atoms with Crippen molar-refractivity contribution in [2.45, 2.75) is 46.7 Å². The maximum atomic E-state index is 5.67. The molecule has 0 aliphatic carbocycles. The molecule has 0 radical (unpaired) electrons. The lowest BCUT2D eigenvalue weighted by molar-refractivity contribution is 0.125. The van der Waals surface area contributed by atoms with Gasteiger partial charge < -0.3 is 20.3 Å². The van der Waals surface area contributed by atoms with Crippen molar-refractivity contribution in [3.8, 4) is 5.75 Å². The number of hydrogen-bond donors (Lipinski definition) is 1. The van der Waals surface area contributed by atoms with Crippen LogP contribution in [0.25, 0.3) is 0 Å². The highest BCUT2D eigenvalue weighted by molar-refractivity contribution is 5.37. The smallest absolute Gasteiger partial charge is 0.119 e. The van der Waals surface area contributed by atoms with E-state index < -0.39 is 0 Å². The second kappa shape index (κ2) is 13.1. The minimum Gasteiger partial charge on any atom is -0.497 e. The summed E-state index contributed by atoms with van der Waals surface area (Å²) in [4.78, 5) is 7.80. The Morgan fingerprint density at radius 1 is 0.879 bits per heavy atom. The molecule has 2 N–H and O–H groups in total. The first-order valence-electron chi connectivity index (χ1n) is 12.5. The molecule has 0 aromatic heterocycles. The van der Waals surface area contributed by atoms with Gasteiger partial charge in [-0.2, -0.15) is 0 Å². The Hall–Kier alpha value is -1.92. The van der Waals surface area contributed by atoms with Crippen molar-refractivity contribution in [3.63, 3.8) is 0 Å². The SMILES string of the molecule is COc1cccc(CN(CCCN2CCN(CCCN)CC2)Cc2c(C)cc(C)cc2C)c1. The molecule has 33 heavy (non-hydrogen) atoms. The highest BCUT2D eigenvalue weighted by atomic mass is 16.5. The molecule has 2 aromatic rings. The summed E-state index contributed by atoms with van der Waals surface area (Å²) < 4.78 is 5.46. The first kappa shape index (κ1) is 25.7. The fourth-order valence-electron chi connectivity index (χ4n) is 5.00. The molecule has 1 aliphatic heterocycles. The largest absolute Gasteiger partial charge is 0.497 e. The zero-order valence-electron chi connectivity index (χ0n) is 21.3. The summed E-state index contributed by atoms with van der Waals surface area (Å²) in [6.07, 6.45) is 2.30. The molecule has 5 heteroatoms. The first-order valence-corrected chi connectivity index (χ1v) is 12.5. The van der Waals surface area contributed by atoms with Crippen molar-refractivity contribution in [2.75, 3.05) is 59.5 Å². The van der Waals surface area contributed by atoms with Crippen LogP contribution in [0, 0.1) is 20.8 Å². The molecule has 1 saturated heterocycles. The average molecular weight is 453 g/mol. The number of methoxy groups -OCH3 is 1. The number of nitrogens with two attached hydrogens (primary N) is 1. The maximum Gasteiger partial charge on any atom is 0.119 e. The molecule has 0 unspecified atom stereocenters. The van der Waals surface area contributed by atoms with Crippen LogP contribution in [0.4, 0.5) is 0 Å². The third-order valence-electron chi connectivity index (χ3n) is 6.85. The molecule has 182 valence electrons. The lowest BCUT2D eigenvalue weighted by atomic mass is 9.99. The molecular weight excluding hydrogens is 408 g/mol. The molecule has 5 nitrogen and oxygen atoms in total. The van der Waals surface area contributed by atoms with E-state index in [0.717, 1.165) is 44.9 Å². The summed E-state index contributed by atoms with van der Waals surface area (Å²) in [6, 6.07) is 13.1. The summed E-state index contributed by atoms with van der Waals surface area (Å²) in [7, 11) is 1.74. The number of ether oxygens (including phenoxy) is 1. The maximum absolute atomic E-state index is 5.67. The van der Waals surface area contributed by atoms with Crippen LogP contribution in [-0.2, 0) is 13.1 Å². The van der Waals surface area contributed by atoms with Gasteiger partial charge in [0.15, 0.2) is 0 Å². The molecule has 0 bridgehead atoms. The minimum absolute atomic E-state index is 0.795. The van der Waals surface area contributed by atoms with E-state index in [4.69, 9.17) is 10.5 Å². The standard InChI is InChI=1S/C28H44N4O/c1-23-18-24(2)28(25(3)19-23)22-32(21-26-8-5-9-27(20-26)33-4)13-7-12-31-16-14-30(15-17-31)11-6-10-29/h5,8-9,18-20H,6-7,10-17,21-22,29H2,1-4H3. The Bertz CT molecular complexity index is 838. The van der Waals surface area contributed by atoms with Crippen LogP contribution >= 0.6 is 0 Å². The molecule has 1 aliphatic rings. The fraction of sp³-hybridized carbons (Fsp3) is 0.571. The van der Waals surface area contributed by atoms with Crippen LogP contribution in [0.2, 0.25) is 0 Å². The van der Waals surface area contributed by atoms with Crippen molar-refractivity contribution in [1.82, 2.24) is 14.7 Å². The molecule has 0 spiro atoms. The van der Waals surface area contributed by atoms with Gasteiger partial charge in [0, 0.05) is 45.8 Å². The van der Waals surface area contributed by atoms with Gasteiger partial charge in [-0.15, -0.1) is 0 Å². The number of benzene rings is 2. The monoisotopic (exact) mass is 452 g/mol. The van der Waals surface area contributed by atoms with Crippen LogP contribution in [-0.4, -0.2) is 74.2 Å². The Morgan fingerprint density at radius 3 is 2.12 bits per heavy atom. The number of rotatable bonds is 12. The Labute approximate surface area is 201 Å². The number of hydrogen-bond acceptors (Lipinski definition) is 5. The number of aryl methyl sites for hydroxylation is 3. The molecule has 2 aromatic carbocycles. The highest BCUT2D eigenvalue weighted by Crippen LogP contribution is 2.21. The predicted molar refractivity (Wildman–Crippen MR) is 139 cm³/mol. The molecule has 0 amide bonds. The second-order valence-corrected chi connectivity index (χ2v) is 9.62. The van der Waals surface area contributed by atoms with E-state index >= 15 is 0 Å². The van der Waals surface area contributed by atoms with Gasteiger partial charge >= 0.3 is 0 Å². The third kappa shape index (κ3) is 8.11. The predicted octanol–water partition coefficient (Wildman–Crippen LogP) is 3.98. The summed E-state index contributed by atoms with van der Waals surface area (Å²) in [5.41, 5.74) is 12.6. The second-order valence-electron chi connectivity index (χ2n) is 9.62. The van der Waals surface area contributed by atoms with E-state index in [1.165, 1.54) is 67.0 Å². The first-order chi connectivity index (χ1) is 16.0. The Kier molecular flexibility index (Phi) is 10.2. The van der Waals surface area contributed by atoms with E-state index in [-0.39, 0.29) is 0 Å². The lowest BCUT2D eigenvalue weighted by Crippen LogP contribution is -2.47. The van der Waals surface area contributed by atoms with Gasteiger partial charge in [0.2, 0.25) is 0 Å². The number of nitrogens with zero attached hydrogens (tertiary/aromatic N) is 3. The van der Waals surface area contributed by atoms with Crippen LogP contribution in [0.15, 0.2) is 36.4 Å². The van der Waals surface area contributed by atoms with Crippen molar-refractivity contribution in [2.24, 2.45) is 5.73 Å². The zero-order chi connectivity index (χ0) is 23.6. The minimum atomic E-state index is 0.795. The molecule has 1 heterocycles. The van der Waals surface area contributed by atoms with Crippen LogP contribution in [0.1, 0.15) is 40.7 Å². The zero-order valence-corrected chi connectivity index (χ0v) is 21.3. The van der Waals surface area contributed by atoms with Crippen molar-refractivity contribution >= 4 is 0 Å². The Morgan fingerprint density at radius 2 is 1.52 bits per heavy atom. The fourth-order valence-corrected chi connectivity index (χ4v) is 5.00. The van der Waals surface area contributed by atoms with Gasteiger partial charge in [-0.3, -0.25) is 4.90 Å². The molecule has 0 atom stereocenters. The van der Waals surface area contributed by atoms with Crippen molar-refractivity contribution < 1.29 is 4.74 Å². The van der Waals surface area contributed by atoms with E-state index in [1.54, 1.807) is 7.11 Å². The summed E-state index contributed by atoms with van der Waals surface area (Å²) in [5, 5.41) is 0. The lowest BCUT2D eigenvalue weighted by Gasteiger charge is -2.35. The van der Waals surface area contributed by atoms with Crippen LogP contribution < -0.4 is 10.5 Å². The van der Waals surface area contributed by atoms with Gasteiger partial charge in [-0.1, -0.05) is 29.8 Å².